The number of alkyl halides is 3. The largest absolute Gasteiger partial charge is 0.457 e. The molecule has 0 spiro atoms. The van der Waals surface area contributed by atoms with E-state index in [4.69, 9.17) is 4.74 Å². The highest BCUT2D eigenvalue weighted by molar-refractivity contribution is 5.52. The van der Waals surface area contributed by atoms with Crippen molar-refractivity contribution in [1.82, 2.24) is 0 Å². The predicted molar refractivity (Wildman–Crippen MR) is 95.8 cm³/mol. The van der Waals surface area contributed by atoms with Gasteiger partial charge in [0.1, 0.15) is 11.5 Å². The van der Waals surface area contributed by atoms with Crippen LogP contribution < -0.4 is 4.74 Å². The van der Waals surface area contributed by atoms with Crippen LogP contribution in [0.5, 0.6) is 11.5 Å². The van der Waals surface area contributed by atoms with Crippen LogP contribution in [0, 0.1) is 0 Å². The minimum absolute atomic E-state index is 0.0289. The van der Waals surface area contributed by atoms with E-state index >= 15 is 0 Å². The molecule has 138 valence electrons. The number of rotatable bonds is 3. The van der Waals surface area contributed by atoms with Crippen LogP contribution >= 0.6 is 0 Å². The number of benzene rings is 3. The van der Waals surface area contributed by atoms with Gasteiger partial charge in [-0.1, -0.05) is 48.5 Å². The summed E-state index contributed by atoms with van der Waals surface area (Å²) in [4.78, 5) is 0. The summed E-state index contributed by atoms with van der Waals surface area (Å²) in [7, 11) is 0. The number of aliphatic hydroxyl groups excluding tert-OH is 1. The van der Waals surface area contributed by atoms with Crippen molar-refractivity contribution in [3.63, 3.8) is 0 Å². The van der Waals surface area contributed by atoms with Gasteiger partial charge in [-0.05, 0) is 41.8 Å². The lowest BCUT2D eigenvalue weighted by molar-refractivity contribution is -0.137. The number of hydrogen-bond donors (Lipinski definition) is 1. The minimum Gasteiger partial charge on any atom is -0.457 e. The van der Waals surface area contributed by atoms with E-state index in [9.17, 15) is 18.3 Å². The van der Waals surface area contributed by atoms with Gasteiger partial charge in [0, 0.05) is 11.5 Å². The molecule has 3 aromatic rings. The van der Waals surface area contributed by atoms with Crippen molar-refractivity contribution in [3.8, 4) is 11.5 Å². The first-order chi connectivity index (χ1) is 12.9. The Hall–Kier alpha value is -2.79. The summed E-state index contributed by atoms with van der Waals surface area (Å²) >= 11 is 0. The summed E-state index contributed by atoms with van der Waals surface area (Å²) in [6.45, 7) is 0. The molecule has 27 heavy (non-hydrogen) atoms. The van der Waals surface area contributed by atoms with Crippen LogP contribution in [0.3, 0.4) is 0 Å². The first kappa shape index (κ1) is 17.6. The van der Waals surface area contributed by atoms with E-state index in [0.29, 0.717) is 17.7 Å². The molecule has 1 N–H and O–H groups in total. The zero-order valence-corrected chi connectivity index (χ0v) is 14.3. The summed E-state index contributed by atoms with van der Waals surface area (Å²) < 4.78 is 44.5. The maximum atomic E-state index is 12.9. The third-order valence-corrected chi connectivity index (χ3v) is 4.86. The van der Waals surface area contributed by atoms with Crippen LogP contribution in [-0.2, 0) is 6.18 Å². The van der Waals surface area contributed by atoms with Crippen molar-refractivity contribution in [2.75, 3.05) is 0 Å². The molecule has 0 heterocycles. The van der Waals surface area contributed by atoms with E-state index in [0.717, 1.165) is 23.3 Å². The average Bonchev–Trinajstić information content (AvgIpc) is 3.00. The molecule has 0 fully saturated rings. The molecule has 2 atom stereocenters. The topological polar surface area (TPSA) is 29.5 Å². The lowest BCUT2D eigenvalue weighted by Crippen LogP contribution is -2.04. The van der Waals surface area contributed by atoms with Crippen molar-refractivity contribution < 1.29 is 23.0 Å². The Labute approximate surface area is 154 Å². The number of aliphatic hydroxyl groups is 1. The highest BCUT2D eigenvalue weighted by Crippen LogP contribution is 2.48. The van der Waals surface area contributed by atoms with Crippen molar-refractivity contribution in [2.24, 2.45) is 0 Å². The van der Waals surface area contributed by atoms with Crippen LogP contribution in [-0.4, -0.2) is 5.11 Å². The maximum absolute atomic E-state index is 12.9. The number of fused-ring (bicyclic) bond motifs is 1. The second-order valence-electron chi connectivity index (χ2n) is 6.60. The Morgan fingerprint density at radius 1 is 0.889 bits per heavy atom. The molecule has 0 bridgehead atoms. The smallest absolute Gasteiger partial charge is 0.416 e. The molecule has 0 saturated heterocycles. The van der Waals surface area contributed by atoms with Gasteiger partial charge in [0.2, 0.25) is 0 Å². The Bertz CT molecular complexity index is 951. The monoisotopic (exact) mass is 370 g/mol. The molecule has 1 aliphatic carbocycles. The first-order valence-corrected chi connectivity index (χ1v) is 8.64. The Kier molecular flexibility index (Phi) is 4.40. The normalized spacial score (nSPS) is 19.0. The van der Waals surface area contributed by atoms with Gasteiger partial charge >= 0.3 is 6.18 Å². The van der Waals surface area contributed by atoms with Gasteiger partial charge < -0.3 is 9.84 Å². The number of ether oxygens (including phenoxy) is 1. The molecule has 3 aromatic carbocycles. The van der Waals surface area contributed by atoms with Crippen molar-refractivity contribution >= 4 is 0 Å². The van der Waals surface area contributed by atoms with Crippen molar-refractivity contribution in [1.29, 1.82) is 0 Å². The second kappa shape index (κ2) is 6.74. The molecule has 0 saturated carbocycles. The molecule has 0 amide bonds. The van der Waals surface area contributed by atoms with Gasteiger partial charge in [0.25, 0.3) is 0 Å². The van der Waals surface area contributed by atoms with Gasteiger partial charge in [-0.25, -0.2) is 0 Å². The predicted octanol–water partition coefficient (Wildman–Crippen LogP) is 6.07. The number of halogens is 3. The van der Waals surface area contributed by atoms with Crippen molar-refractivity contribution in [3.05, 3.63) is 95.1 Å². The van der Waals surface area contributed by atoms with E-state index in [1.165, 1.54) is 12.1 Å². The first-order valence-electron chi connectivity index (χ1n) is 8.64. The molecule has 0 aliphatic heterocycles. The molecule has 4 rings (SSSR count). The maximum Gasteiger partial charge on any atom is 0.416 e. The molecule has 0 aromatic heterocycles. The zero-order chi connectivity index (χ0) is 19.0. The van der Waals surface area contributed by atoms with Crippen LogP contribution in [0.4, 0.5) is 13.2 Å². The molecule has 5 heteroatoms. The molecule has 0 radical (unpaired) electrons. The van der Waals surface area contributed by atoms with Gasteiger partial charge in [0.05, 0.1) is 11.7 Å². The summed E-state index contributed by atoms with van der Waals surface area (Å²) in [5.74, 6) is 0.507. The molecule has 0 unspecified atom stereocenters. The van der Waals surface area contributed by atoms with Crippen LogP contribution in [0.25, 0.3) is 0 Å². The zero-order valence-electron chi connectivity index (χ0n) is 14.3. The Morgan fingerprint density at radius 3 is 2.37 bits per heavy atom. The summed E-state index contributed by atoms with van der Waals surface area (Å²) in [5, 5.41) is 10.6. The van der Waals surface area contributed by atoms with E-state index in [1.807, 2.05) is 36.4 Å². The summed E-state index contributed by atoms with van der Waals surface area (Å²) in [6.07, 6.45) is -4.65. The fourth-order valence-electron chi connectivity index (χ4n) is 3.64. The Morgan fingerprint density at radius 2 is 1.63 bits per heavy atom. The molecule has 1 aliphatic rings. The number of hydrogen-bond acceptors (Lipinski definition) is 2. The van der Waals surface area contributed by atoms with Crippen LogP contribution in [0.15, 0.2) is 72.8 Å². The van der Waals surface area contributed by atoms with Crippen LogP contribution in [0.2, 0.25) is 0 Å². The highest BCUT2D eigenvalue weighted by Gasteiger charge is 2.34. The van der Waals surface area contributed by atoms with E-state index in [2.05, 4.69) is 0 Å². The van der Waals surface area contributed by atoms with E-state index in [1.54, 1.807) is 12.1 Å². The third-order valence-electron chi connectivity index (χ3n) is 4.86. The second-order valence-corrected chi connectivity index (χ2v) is 6.60. The van der Waals surface area contributed by atoms with Gasteiger partial charge in [-0.3, -0.25) is 0 Å². The molecule has 2 nitrogen and oxygen atoms in total. The van der Waals surface area contributed by atoms with Gasteiger partial charge in [-0.15, -0.1) is 0 Å². The Balaban J connectivity index is 1.70. The molecular weight excluding hydrogens is 353 g/mol. The highest BCUT2D eigenvalue weighted by atomic mass is 19.4. The standard InChI is InChI=1S/C22H17F3O2/c23-22(24,25)15-8-4-9-16(12-15)27-20-11-5-10-17-18(13-19(26)21(17)20)14-6-2-1-3-7-14/h1-12,18-19,26H,13H2/t18-,19+/m1/s1. The fourth-order valence-corrected chi connectivity index (χ4v) is 3.64. The minimum atomic E-state index is -4.43. The fraction of sp³-hybridized carbons (Fsp3) is 0.182. The van der Waals surface area contributed by atoms with Gasteiger partial charge in [-0.2, -0.15) is 13.2 Å². The van der Waals surface area contributed by atoms with E-state index in [-0.39, 0.29) is 11.7 Å². The van der Waals surface area contributed by atoms with Crippen molar-refractivity contribution in [2.45, 2.75) is 24.6 Å². The SMILES string of the molecule is O[C@H]1C[C@H](c2ccccc2)c2cccc(Oc3cccc(C(F)(F)F)c3)c21. The molecular formula is C22H17F3O2. The summed E-state index contributed by atoms with van der Waals surface area (Å²) in [5.41, 5.74) is 1.91. The summed E-state index contributed by atoms with van der Waals surface area (Å²) in [6, 6.07) is 20.0. The van der Waals surface area contributed by atoms with Crippen LogP contribution in [0.1, 0.15) is 40.7 Å². The lowest BCUT2D eigenvalue weighted by Gasteiger charge is -2.15. The van der Waals surface area contributed by atoms with Gasteiger partial charge in [0.15, 0.2) is 0 Å². The third kappa shape index (κ3) is 3.43. The quantitative estimate of drug-likeness (QED) is 0.607. The lowest BCUT2D eigenvalue weighted by atomic mass is 9.93. The average molecular weight is 370 g/mol. The van der Waals surface area contributed by atoms with E-state index < -0.39 is 17.8 Å².